The lowest BCUT2D eigenvalue weighted by atomic mass is 10.1. The highest BCUT2D eigenvalue weighted by Crippen LogP contribution is 2.30. The van der Waals surface area contributed by atoms with Gasteiger partial charge in [0.2, 0.25) is 0 Å². The van der Waals surface area contributed by atoms with E-state index in [1.54, 1.807) is 23.9 Å². The first-order valence-corrected chi connectivity index (χ1v) is 7.11. The van der Waals surface area contributed by atoms with E-state index in [0.29, 0.717) is 5.82 Å². The van der Waals surface area contributed by atoms with Gasteiger partial charge in [0.05, 0.1) is 11.0 Å². The Labute approximate surface area is 128 Å². The van der Waals surface area contributed by atoms with Crippen LogP contribution in [0, 0.1) is 13.8 Å². The number of hydrogen-bond acceptors (Lipinski definition) is 3. The average Bonchev–Trinajstić information content (AvgIpc) is 2.86. The molecule has 5 nitrogen and oxygen atoms in total. The van der Waals surface area contributed by atoms with E-state index in [1.165, 1.54) is 0 Å². The number of imidazole rings is 1. The predicted molar refractivity (Wildman–Crippen MR) is 84.8 cm³/mol. The van der Waals surface area contributed by atoms with Crippen molar-refractivity contribution in [1.82, 2.24) is 14.5 Å². The van der Waals surface area contributed by atoms with E-state index < -0.39 is 12.0 Å². The summed E-state index contributed by atoms with van der Waals surface area (Å²) < 4.78 is 1.78. The number of aliphatic carboxylic acids is 1. The zero-order chi connectivity index (χ0) is 15.9. The summed E-state index contributed by atoms with van der Waals surface area (Å²) in [5.74, 6) is -0.231. The molecule has 3 rings (SSSR count). The van der Waals surface area contributed by atoms with Gasteiger partial charge >= 0.3 is 5.97 Å². The Bertz CT molecular complexity index is 853. The number of carbonyl (C=O) groups is 1. The van der Waals surface area contributed by atoms with Gasteiger partial charge in [0.1, 0.15) is 11.9 Å². The molecule has 0 amide bonds. The highest BCUT2D eigenvalue weighted by molar-refractivity contribution is 5.85. The minimum absolute atomic E-state index is 0.650. The summed E-state index contributed by atoms with van der Waals surface area (Å²) in [5, 5.41) is 9.45. The second kappa shape index (κ2) is 5.26. The number of fused-ring (bicyclic) bond motifs is 1. The monoisotopic (exact) mass is 295 g/mol. The van der Waals surface area contributed by atoms with Crippen LogP contribution < -0.4 is 0 Å². The second-order valence-corrected chi connectivity index (χ2v) is 5.48. The van der Waals surface area contributed by atoms with Crippen molar-refractivity contribution in [1.29, 1.82) is 0 Å². The molecule has 22 heavy (non-hydrogen) atoms. The summed E-state index contributed by atoms with van der Waals surface area (Å²) in [6.07, 6.45) is 3.36. The number of nitrogens with zero attached hydrogens (tertiary/aromatic N) is 3. The summed E-state index contributed by atoms with van der Waals surface area (Å²) in [6, 6.07) is 6.98. The lowest BCUT2D eigenvalue weighted by molar-refractivity contribution is -0.140. The van der Waals surface area contributed by atoms with Crippen LogP contribution in [0.15, 0.2) is 36.7 Å². The van der Waals surface area contributed by atoms with Gasteiger partial charge < -0.3 is 9.67 Å². The standard InChI is InChI=1S/C17H17N3O2/c1-10-8-14-15(9-11(10)2)20(12(3)17(21)22)16(19-14)13-4-6-18-7-5-13/h4-9,12H,1-3H3,(H,21,22). The Kier molecular flexibility index (Phi) is 3.41. The number of aryl methyl sites for hydroxylation is 2. The van der Waals surface area contributed by atoms with Crippen LogP contribution in [0.2, 0.25) is 0 Å². The topological polar surface area (TPSA) is 68.0 Å². The Balaban J connectivity index is 2.36. The van der Waals surface area contributed by atoms with Gasteiger partial charge in [-0.25, -0.2) is 9.78 Å². The van der Waals surface area contributed by atoms with Crippen molar-refractivity contribution in [3.8, 4) is 11.4 Å². The maximum absolute atomic E-state index is 11.5. The fraction of sp³-hybridized carbons (Fsp3) is 0.235. The molecule has 0 radical (unpaired) electrons. The van der Waals surface area contributed by atoms with Gasteiger partial charge in [0.25, 0.3) is 0 Å². The molecule has 0 saturated carbocycles. The maximum Gasteiger partial charge on any atom is 0.326 e. The third-order valence-electron chi connectivity index (χ3n) is 3.99. The minimum atomic E-state index is -0.882. The van der Waals surface area contributed by atoms with Gasteiger partial charge in [-0.15, -0.1) is 0 Å². The van der Waals surface area contributed by atoms with Crippen molar-refractivity contribution in [3.05, 3.63) is 47.8 Å². The van der Waals surface area contributed by atoms with Gasteiger partial charge in [-0.2, -0.15) is 0 Å². The molecule has 3 aromatic rings. The molecule has 0 bridgehead atoms. The first-order valence-electron chi connectivity index (χ1n) is 7.11. The van der Waals surface area contributed by atoms with E-state index in [0.717, 1.165) is 27.7 Å². The number of hydrogen-bond donors (Lipinski definition) is 1. The van der Waals surface area contributed by atoms with Crippen LogP contribution in [0.3, 0.4) is 0 Å². The van der Waals surface area contributed by atoms with Gasteiger partial charge in [-0.3, -0.25) is 4.98 Å². The third-order valence-corrected chi connectivity index (χ3v) is 3.99. The number of carboxylic acids is 1. The predicted octanol–water partition coefficient (Wildman–Crippen LogP) is 3.36. The first-order chi connectivity index (χ1) is 10.5. The molecular formula is C17H17N3O2. The Morgan fingerprint density at radius 3 is 2.45 bits per heavy atom. The molecule has 0 spiro atoms. The van der Waals surface area contributed by atoms with E-state index in [1.807, 2.05) is 38.1 Å². The van der Waals surface area contributed by atoms with E-state index in [4.69, 9.17) is 0 Å². The number of aromatic nitrogens is 3. The fourth-order valence-electron chi connectivity index (χ4n) is 2.56. The van der Waals surface area contributed by atoms with Crippen LogP contribution in [-0.4, -0.2) is 25.6 Å². The largest absolute Gasteiger partial charge is 0.480 e. The van der Waals surface area contributed by atoms with Crippen molar-refractivity contribution < 1.29 is 9.90 Å². The Morgan fingerprint density at radius 2 is 1.82 bits per heavy atom. The van der Waals surface area contributed by atoms with Crippen LogP contribution in [0.25, 0.3) is 22.4 Å². The molecule has 0 aliphatic carbocycles. The summed E-state index contributed by atoms with van der Waals surface area (Å²) in [4.78, 5) is 20.2. The van der Waals surface area contributed by atoms with Crippen molar-refractivity contribution in [2.75, 3.05) is 0 Å². The summed E-state index contributed by atoms with van der Waals surface area (Å²) in [7, 11) is 0. The molecule has 0 fully saturated rings. The molecule has 0 aliphatic rings. The molecule has 2 aromatic heterocycles. The van der Waals surface area contributed by atoms with E-state index >= 15 is 0 Å². The van der Waals surface area contributed by atoms with Crippen LogP contribution in [-0.2, 0) is 4.79 Å². The zero-order valence-electron chi connectivity index (χ0n) is 12.7. The molecule has 112 valence electrons. The first kappa shape index (κ1) is 14.3. The number of rotatable bonds is 3. The molecule has 0 aliphatic heterocycles. The lowest BCUT2D eigenvalue weighted by Crippen LogP contribution is -2.16. The van der Waals surface area contributed by atoms with Gasteiger partial charge in [0, 0.05) is 18.0 Å². The molecular weight excluding hydrogens is 278 g/mol. The average molecular weight is 295 g/mol. The van der Waals surface area contributed by atoms with Crippen LogP contribution in [0.4, 0.5) is 0 Å². The molecule has 5 heteroatoms. The lowest BCUT2D eigenvalue weighted by Gasteiger charge is -2.14. The molecule has 2 heterocycles. The smallest absolute Gasteiger partial charge is 0.326 e. The highest BCUT2D eigenvalue weighted by Gasteiger charge is 2.22. The van der Waals surface area contributed by atoms with Crippen molar-refractivity contribution in [3.63, 3.8) is 0 Å². The van der Waals surface area contributed by atoms with Crippen LogP contribution in [0.5, 0.6) is 0 Å². The zero-order valence-corrected chi connectivity index (χ0v) is 12.7. The third kappa shape index (κ3) is 2.24. The molecule has 0 saturated heterocycles. The number of carboxylic acid groups (broad SMARTS) is 1. The van der Waals surface area contributed by atoms with Crippen LogP contribution in [0.1, 0.15) is 24.1 Å². The summed E-state index contributed by atoms with van der Waals surface area (Å²) in [5.41, 5.74) is 4.76. The Hall–Kier alpha value is -2.69. The normalized spacial score (nSPS) is 12.5. The van der Waals surface area contributed by atoms with Gasteiger partial charge in [-0.05, 0) is 56.2 Å². The van der Waals surface area contributed by atoms with E-state index in [2.05, 4.69) is 9.97 Å². The quantitative estimate of drug-likeness (QED) is 0.804. The molecule has 1 unspecified atom stereocenters. The highest BCUT2D eigenvalue weighted by atomic mass is 16.4. The number of benzene rings is 1. The van der Waals surface area contributed by atoms with E-state index in [-0.39, 0.29) is 0 Å². The SMILES string of the molecule is Cc1cc2nc(-c3ccncc3)n(C(C)C(=O)O)c2cc1C. The fourth-order valence-corrected chi connectivity index (χ4v) is 2.56. The minimum Gasteiger partial charge on any atom is -0.480 e. The van der Waals surface area contributed by atoms with Gasteiger partial charge in [0.15, 0.2) is 0 Å². The van der Waals surface area contributed by atoms with Crippen molar-refractivity contribution in [2.24, 2.45) is 0 Å². The molecule has 1 atom stereocenters. The van der Waals surface area contributed by atoms with Gasteiger partial charge in [-0.1, -0.05) is 0 Å². The molecule has 1 aromatic carbocycles. The summed E-state index contributed by atoms with van der Waals surface area (Å²) in [6.45, 7) is 5.72. The second-order valence-electron chi connectivity index (χ2n) is 5.48. The summed E-state index contributed by atoms with van der Waals surface area (Å²) >= 11 is 0. The van der Waals surface area contributed by atoms with Crippen molar-refractivity contribution >= 4 is 17.0 Å². The van der Waals surface area contributed by atoms with E-state index in [9.17, 15) is 9.90 Å². The molecule has 1 N–H and O–H groups in total. The van der Waals surface area contributed by atoms with Crippen molar-refractivity contribution in [2.45, 2.75) is 26.8 Å². The number of pyridine rings is 1. The van der Waals surface area contributed by atoms with Crippen LogP contribution >= 0.6 is 0 Å². The maximum atomic E-state index is 11.5. The Morgan fingerprint density at radius 1 is 1.18 bits per heavy atom.